The van der Waals surface area contributed by atoms with Crippen molar-refractivity contribution >= 4 is 153 Å². The van der Waals surface area contributed by atoms with Gasteiger partial charge in [0.2, 0.25) is 0 Å². The fraction of sp³-hybridized carbons (Fsp3) is 0.0833. The van der Waals surface area contributed by atoms with E-state index in [0.29, 0.717) is 0 Å². The van der Waals surface area contributed by atoms with Crippen LogP contribution in [-0.4, -0.2) is 37.9 Å². The molecule has 3 atom stereocenters. The Morgan fingerprint density at radius 1 is 0.167 bits per heavy atom. The van der Waals surface area contributed by atoms with Crippen molar-refractivity contribution in [3.63, 3.8) is 0 Å². The van der Waals surface area contributed by atoms with Gasteiger partial charge in [-0.2, -0.15) is 0 Å². The molecule has 1 aliphatic carbocycles. The third-order valence-electron chi connectivity index (χ3n) is 36.5. The average Bonchev–Trinajstić information content (AvgIpc) is 1.32. The van der Waals surface area contributed by atoms with Gasteiger partial charge in [0.25, 0.3) is 0 Å². The van der Waals surface area contributed by atoms with E-state index in [0.717, 1.165) is 0 Å². The second-order valence-electron chi connectivity index (χ2n) is 44.9. The first kappa shape index (κ1) is 87.1. The highest BCUT2D eigenvalue weighted by Crippen LogP contribution is 2.62. The molecule has 3 nitrogen and oxygen atoms in total. The number of hydrogen-bond donors (Lipinski definition) is 0. The van der Waals surface area contributed by atoms with Gasteiger partial charge in [-0.3, -0.25) is 0 Å². The van der Waals surface area contributed by atoms with Crippen molar-refractivity contribution in [2.45, 2.75) is 74.8 Å². The Bertz CT molecular complexity index is 10400. The van der Waals surface area contributed by atoms with E-state index >= 15 is 0 Å². The fourth-order valence-corrected chi connectivity index (χ4v) is 41.2. The molecule has 150 heavy (non-hydrogen) atoms. The molecule has 3 spiro atoms. The number of rotatable bonds is 4. The minimum Gasteiger partial charge on any atom is -0.309 e. The van der Waals surface area contributed by atoms with Crippen LogP contribution in [0.4, 0.5) is 0 Å². The fourth-order valence-electron chi connectivity index (χ4n) is 30.5. The van der Waals surface area contributed by atoms with Crippen molar-refractivity contribution in [3.05, 3.63) is 569 Å². The number of nitrogens with zero attached hydrogens (tertiary/aromatic N) is 3. The third kappa shape index (κ3) is 11.3. The molecule has 3 aromatic heterocycles. The lowest BCUT2D eigenvalue weighted by atomic mass is 9.62. The van der Waals surface area contributed by atoms with Crippen LogP contribution >= 0.6 is 0 Å². The summed E-state index contributed by atoms with van der Waals surface area (Å²) in [6, 6.07) is 187. The first-order valence-corrected chi connectivity index (χ1v) is 62.4. The van der Waals surface area contributed by atoms with Gasteiger partial charge in [-0.1, -0.05) is 496 Å². The van der Waals surface area contributed by atoms with Gasteiger partial charge in [-0.15, -0.1) is 0 Å². The zero-order chi connectivity index (χ0) is 100.0. The molecule has 3 unspecified atom stereocenters. The number of benzene rings is 23. The predicted molar refractivity (Wildman–Crippen MR) is 640 cm³/mol. The summed E-state index contributed by atoms with van der Waals surface area (Å²) >= 11 is 0. The molecule has 23 aromatic carbocycles. The summed E-state index contributed by atoms with van der Waals surface area (Å²) in [5, 5.41) is 24.9. The lowest BCUT2D eigenvalue weighted by molar-refractivity contribution is 0.660. The molecular formula is C144H105N3Si3. The van der Waals surface area contributed by atoms with Crippen molar-refractivity contribution in [2.24, 2.45) is 0 Å². The molecule has 26 aromatic rings. The zero-order valence-electron chi connectivity index (χ0n) is 85.1. The summed E-state index contributed by atoms with van der Waals surface area (Å²) in [4.78, 5) is 0. The smallest absolute Gasteiger partial charge is 0.113 e. The molecule has 33 rings (SSSR count). The Balaban J connectivity index is 0.000000101. The second kappa shape index (κ2) is 31.5. The summed E-state index contributed by atoms with van der Waals surface area (Å²) in [6.45, 7) is 20.2. The Hall–Kier alpha value is -17.1. The van der Waals surface area contributed by atoms with Crippen LogP contribution in [0.1, 0.15) is 91.7 Å². The molecule has 0 N–H and O–H groups in total. The molecule has 6 aliphatic heterocycles. The molecule has 0 saturated heterocycles. The molecule has 6 heteroatoms. The highest BCUT2D eigenvalue weighted by atomic mass is 28.3. The molecule has 708 valence electrons. The van der Waals surface area contributed by atoms with Crippen molar-refractivity contribution in [1.29, 1.82) is 0 Å². The van der Waals surface area contributed by atoms with Gasteiger partial charge < -0.3 is 13.7 Å². The highest BCUT2D eigenvalue weighted by Gasteiger charge is 2.59. The average molecular weight is 1960 g/mol. The lowest BCUT2D eigenvalue weighted by Crippen LogP contribution is -2.64. The number of fused-ring (bicyclic) bond motifs is 40. The SMILES string of the molecule is CC1(C)c2ccccc2-c2ccc(-c3cccc4c3[Si](C)(C)c3ccccc3C43c4ccccc4-n4c5ccccc5c5cccc3c54)cc21.C[Si]1(C)c2ccccc2C2(c3ccccc3-n3c4ccccc4c4cccc2c43)c2cccc(-c3cc4ccccc4c4ccccc34)c21.C[Si]1(C)c2ccccc2C2(c3ccccc3-n3c4ccccc4c4cccc2c43)c2cccc(-c3ccc(-c4cccc5ccccc45)cc3)c21. The van der Waals surface area contributed by atoms with E-state index in [1.165, 1.54) is 269 Å². The van der Waals surface area contributed by atoms with Crippen LogP contribution in [0.25, 0.3) is 170 Å². The third-order valence-corrected chi connectivity index (χ3v) is 47.2. The van der Waals surface area contributed by atoms with Gasteiger partial charge >= 0.3 is 0 Å². The Labute approximate surface area is 876 Å². The van der Waals surface area contributed by atoms with Crippen LogP contribution in [0.3, 0.4) is 0 Å². The second-order valence-corrected chi connectivity index (χ2v) is 57.8. The minimum atomic E-state index is -2.26. The topological polar surface area (TPSA) is 14.8 Å². The first-order chi connectivity index (χ1) is 73.5. The maximum atomic E-state index is 2.58. The van der Waals surface area contributed by atoms with Gasteiger partial charge in [0.1, 0.15) is 24.2 Å². The van der Waals surface area contributed by atoms with E-state index in [1.807, 2.05) is 0 Å². The minimum absolute atomic E-state index is 0.0527. The Morgan fingerprint density at radius 3 is 0.920 bits per heavy atom. The molecule has 0 amide bonds. The predicted octanol–water partition coefficient (Wildman–Crippen LogP) is 32.3. The van der Waals surface area contributed by atoms with E-state index in [9.17, 15) is 0 Å². The Kier molecular flexibility index (Phi) is 18.3. The maximum Gasteiger partial charge on any atom is 0.113 e. The number of hydrogen-bond acceptors (Lipinski definition) is 0. The van der Waals surface area contributed by atoms with E-state index in [1.54, 1.807) is 10.4 Å². The zero-order valence-corrected chi connectivity index (χ0v) is 88.1. The standard InChI is InChI=1S/C49H35NSi.C48H37NSi.C47H33NSi/c1-51(2)46-27-10-7-22-41(46)49(40-21-6-9-26-45(40)50-44-25-8-5-17-38(44)39-20-13-23-42(49)47(39)50)43-24-12-19-37(48(43)51)34-30-28-33(29-31-34)36-18-11-15-32-14-3-4-16-35(32)36;1-47(2)36-19-7-5-15-32(36)33-28-27-30(29-41(33)47)31-17-13-23-40-46(31)50(3,4)44-26-12-9-21-38(44)48(40)37-20-8-11-25-43(37)49-42-24-10-6-16-34(42)35-18-14-22-39(48)45(35)49;1-49(2)44-28-12-9-23-39(44)47(38-22-8-11-27-43(38)48-42-26-10-7-19-34(42)35-20-13-24-40(47)45(35)48)41-25-14-21-36(46(41)49)37-29-30-15-3-4-16-31(30)32-17-5-6-18-33(32)37/h3-31H,1-2H3;5-29H,1-4H3;3-29H,1-2H3. The monoisotopic (exact) mass is 1960 g/mol. The highest BCUT2D eigenvalue weighted by molar-refractivity contribution is 7.03. The van der Waals surface area contributed by atoms with Crippen LogP contribution in [0, 0.1) is 0 Å². The summed E-state index contributed by atoms with van der Waals surface area (Å²) in [7, 11) is -6.70. The van der Waals surface area contributed by atoms with Gasteiger partial charge in [0.15, 0.2) is 0 Å². The number of aromatic nitrogens is 3. The number of para-hydroxylation sites is 9. The van der Waals surface area contributed by atoms with Crippen LogP contribution in [-0.2, 0) is 21.7 Å². The van der Waals surface area contributed by atoms with Crippen LogP contribution < -0.4 is 31.1 Å². The lowest BCUT2D eigenvalue weighted by Gasteiger charge is -2.50. The molecule has 0 saturated carbocycles. The van der Waals surface area contributed by atoms with E-state index in [4.69, 9.17) is 0 Å². The van der Waals surface area contributed by atoms with E-state index in [2.05, 4.69) is 558 Å². The van der Waals surface area contributed by atoms with Gasteiger partial charge in [0, 0.05) is 37.7 Å². The van der Waals surface area contributed by atoms with Crippen LogP contribution in [0.15, 0.2) is 491 Å². The quantitative estimate of drug-likeness (QED) is 0.123. The molecule has 9 heterocycles. The maximum absolute atomic E-state index is 2.58. The summed E-state index contributed by atoms with van der Waals surface area (Å²) < 4.78 is 7.63. The van der Waals surface area contributed by atoms with Gasteiger partial charge in [-0.05, 0) is 245 Å². The van der Waals surface area contributed by atoms with Crippen molar-refractivity contribution in [1.82, 2.24) is 13.7 Å². The summed E-state index contributed by atoms with van der Waals surface area (Å²) in [5.41, 5.74) is 43.2. The molecule has 0 bridgehead atoms. The van der Waals surface area contributed by atoms with Gasteiger partial charge in [-0.25, -0.2) is 0 Å². The summed E-state index contributed by atoms with van der Waals surface area (Å²) in [6.07, 6.45) is 0. The molecule has 7 aliphatic rings. The largest absolute Gasteiger partial charge is 0.309 e. The normalized spacial score (nSPS) is 17.4. The van der Waals surface area contributed by atoms with Crippen molar-refractivity contribution in [3.8, 4) is 72.7 Å². The van der Waals surface area contributed by atoms with Crippen molar-refractivity contribution < 1.29 is 0 Å². The Morgan fingerprint density at radius 2 is 0.453 bits per heavy atom. The van der Waals surface area contributed by atoms with E-state index < -0.39 is 40.5 Å². The molecule has 0 fully saturated rings. The van der Waals surface area contributed by atoms with Crippen LogP contribution in [0.5, 0.6) is 0 Å². The summed E-state index contributed by atoms with van der Waals surface area (Å²) in [5.74, 6) is 0. The first-order valence-electron chi connectivity index (χ1n) is 53.4. The molecule has 0 radical (unpaired) electrons. The molecular weight excluding hydrogens is 1860 g/mol. The van der Waals surface area contributed by atoms with E-state index in [-0.39, 0.29) is 5.41 Å². The van der Waals surface area contributed by atoms with Crippen LogP contribution in [0.2, 0.25) is 39.3 Å². The van der Waals surface area contributed by atoms with Crippen molar-refractivity contribution in [2.75, 3.05) is 0 Å². The van der Waals surface area contributed by atoms with Gasteiger partial charge in [0.05, 0.1) is 66.4 Å².